The molecule has 9 heteroatoms. The summed E-state index contributed by atoms with van der Waals surface area (Å²) in [7, 11) is 2.70. The van der Waals surface area contributed by atoms with Crippen LogP contribution < -0.4 is 20.9 Å². The third-order valence-corrected chi connectivity index (χ3v) is 2.66. The number of rotatable bonds is 4. The number of aromatic amines is 2. The van der Waals surface area contributed by atoms with Crippen LogP contribution in [-0.4, -0.2) is 40.1 Å². The predicted octanol–water partition coefficient (Wildman–Crippen LogP) is -0.431. The first-order valence-electron chi connectivity index (χ1n) is 5.39. The van der Waals surface area contributed by atoms with Crippen molar-refractivity contribution in [2.45, 2.75) is 0 Å². The van der Waals surface area contributed by atoms with Crippen LogP contribution in [-0.2, 0) is 0 Å². The van der Waals surface area contributed by atoms with E-state index in [0.29, 0.717) is 4.57 Å². The highest BCUT2D eigenvalue weighted by atomic mass is 16.5. The van der Waals surface area contributed by atoms with E-state index < -0.39 is 17.3 Å². The van der Waals surface area contributed by atoms with Gasteiger partial charge in [-0.05, 0) is 0 Å². The standard InChI is InChI=1S/C11H11N3O6/c1-19-7-3-5(9(15)16)6(4-8(7)20-2)14-10(17)12-13-11(14)18/h3-4H,1-2H3,(H,12,17)(H,13,18)(H,15,16). The average molecular weight is 281 g/mol. The minimum atomic E-state index is -1.31. The van der Waals surface area contributed by atoms with Crippen molar-refractivity contribution in [2.75, 3.05) is 14.2 Å². The lowest BCUT2D eigenvalue weighted by Gasteiger charge is -2.12. The van der Waals surface area contributed by atoms with Crippen LogP contribution in [0.1, 0.15) is 10.4 Å². The second kappa shape index (κ2) is 4.96. The number of carboxylic acids is 1. The Morgan fingerprint density at radius 3 is 2.05 bits per heavy atom. The Bertz CT molecular complexity index is 742. The number of ether oxygens (including phenoxy) is 2. The van der Waals surface area contributed by atoms with E-state index in [1.807, 2.05) is 0 Å². The van der Waals surface area contributed by atoms with Gasteiger partial charge in [0.05, 0.1) is 25.5 Å². The molecule has 0 unspecified atom stereocenters. The highest BCUT2D eigenvalue weighted by Crippen LogP contribution is 2.31. The van der Waals surface area contributed by atoms with Crippen molar-refractivity contribution in [3.05, 3.63) is 38.7 Å². The number of H-pyrrole nitrogens is 2. The van der Waals surface area contributed by atoms with Gasteiger partial charge in [0.1, 0.15) is 0 Å². The molecule has 0 amide bonds. The molecule has 106 valence electrons. The fraction of sp³-hybridized carbons (Fsp3) is 0.182. The van der Waals surface area contributed by atoms with E-state index in [-0.39, 0.29) is 22.7 Å². The van der Waals surface area contributed by atoms with Gasteiger partial charge in [0.2, 0.25) is 0 Å². The molecule has 3 N–H and O–H groups in total. The van der Waals surface area contributed by atoms with Gasteiger partial charge in [0.15, 0.2) is 11.5 Å². The molecule has 2 aromatic rings. The molecule has 20 heavy (non-hydrogen) atoms. The third kappa shape index (κ3) is 2.05. The maximum Gasteiger partial charge on any atom is 0.349 e. The zero-order valence-corrected chi connectivity index (χ0v) is 10.6. The summed E-state index contributed by atoms with van der Waals surface area (Å²) in [5.41, 5.74) is -1.97. The number of carboxylic acid groups (broad SMARTS) is 1. The summed E-state index contributed by atoms with van der Waals surface area (Å²) in [4.78, 5) is 34.4. The van der Waals surface area contributed by atoms with Crippen LogP contribution in [0.5, 0.6) is 11.5 Å². The average Bonchev–Trinajstić information content (AvgIpc) is 2.76. The Labute approximate surface area is 111 Å². The summed E-state index contributed by atoms with van der Waals surface area (Å²) >= 11 is 0. The summed E-state index contributed by atoms with van der Waals surface area (Å²) < 4.78 is 10.7. The first-order chi connectivity index (χ1) is 9.49. The molecule has 2 rings (SSSR count). The topological polar surface area (TPSA) is 126 Å². The van der Waals surface area contributed by atoms with E-state index in [2.05, 4.69) is 10.2 Å². The van der Waals surface area contributed by atoms with Gasteiger partial charge in [-0.25, -0.2) is 29.1 Å². The van der Waals surface area contributed by atoms with Gasteiger partial charge in [-0.2, -0.15) is 0 Å². The van der Waals surface area contributed by atoms with Crippen molar-refractivity contribution in [1.82, 2.24) is 14.8 Å². The van der Waals surface area contributed by atoms with Crippen LogP contribution in [0.2, 0.25) is 0 Å². The van der Waals surface area contributed by atoms with Gasteiger partial charge < -0.3 is 14.6 Å². The minimum absolute atomic E-state index is 0.123. The van der Waals surface area contributed by atoms with E-state index in [1.54, 1.807) is 0 Å². The molecule has 1 aromatic carbocycles. The molecule has 0 saturated carbocycles. The molecule has 1 aromatic heterocycles. The van der Waals surface area contributed by atoms with Crippen LogP contribution in [0, 0.1) is 0 Å². The summed E-state index contributed by atoms with van der Waals surface area (Å²) in [5.74, 6) is -0.942. The van der Waals surface area contributed by atoms with E-state index in [0.717, 1.165) is 0 Å². The smallest absolute Gasteiger partial charge is 0.349 e. The number of aromatic nitrogens is 3. The molecule has 0 saturated heterocycles. The Balaban J connectivity index is 2.84. The number of aromatic carboxylic acids is 1. The number of nitrogens with one attached hydrogen (secondary N) is 2. The largest absolute Gasteiger partial charge is 0.493 e. The van der Waals surface area contributed by atoms with Crippen molar-refractivity contribution < 1.29 is 19.4 Å². The van der Waals surface area contributed by atoms with E-state index in [1.165, 1.54) is 26.4 Å². The van der Waals surface area contributed by atoms with Crippen LogP contribution >= 0.6 is 0 Å². The monoisotopic (exact) mass is 281 g/mol. The summed E-state index contributed by atoms with van der Waals surface area (Å²) in [6, 6.07) is 2.42. The maximum atomic E-state index is 11.6. The van der Waals surface area contributed by atoms with Gasteiger partial charge in [0, 0.05) is 12.1 Å². The molecule has 0 spiro atoms. The van der Waals surface area contributed by atoms with Crippen LogP contribution in [0.3, 0.4) is 0 Å². The summed E-state index contributed by atoms with van der Waals surface area (Å²) in [5, 5.41) is 13.3. The highest BCUT2D eigenvalue weighted by molar-refractivity contribution is 5.93. The van der Waals surface area contributed by atoms with E-state index >= 15 is 0 Å². The molecule has 9 nitrogen and oxygen atoms in total. The number of methoxy groups -OCH3 is 2. The maximum absolute atomic E-state index is 11.6. The molecule has 0 bridgehead atoms. The van der Waals surface area contributed by atoms with Crippen molar-refractivity contribution in [3.63, 3.8) is 0 Å². The Morgan fingerprint density at radius 1 is 1.10 bits per heavy atom. The van der Waals surface area contributed by atoms with Gasteiger partial charge in [-0.1, -0.05) is 0 Å². The van der Waals surface area contributed by atoms with Gasteiger partial charge in [-0.15, -0.1) is 0 Å². The highest BCUT2D eigenvalue weighted by Gasteiger charge is 2.20. The molecule has 0 radical (unpaired) electrons. The second-order valence-electron chi connectivity index (χ2n) is 3.73. The number of hydrogen-bond acceptors (Lipinski definition) is 5. The van der Waals surface area contributed by atoms with Gasteiger partial charge in [-0.3, -0.25) is 0 Å². The normalized spacial score (nSPS) is 10.3. The van der Waals surface area contributed by atoms with Gasteiger partial charge in [0.25, 0.3) is 0 Å². The first kappa shape index (κ1) is 13.5. The molecule has 0 aliphatic heterocycles. The molecule has 1 heterocycles. The Kier molecular flexibility index (Phi) is 3.34. The van der Waals surface area contributed by atoms with Crippen molar-refractivity contribution in [3.8, 4) is 17.2 Å². The fourth-order valence-electron chi connectivity index (χ4n) is 1.75. The lowest BCUT2D eigenvalue weighted by Crippen LogP contribution is -2.26. The number of hydrogen-bond donors (Lipinski definition) is 3. The van der Waals surface area contributed by atoms with Crippen molar-refractivity contribution in [1.29, 1.82) is 0 Å². The number of benzene rings is 1. The molecule has 0 atom stereocenters. The van der Waals surface area contributed by atoms with Crippen LogP contribution in [0.15, 0.2) is 21.7 Å². The van der Waals surface area contributed by atoms with Crippen molar-refractivity contribution >= 4 is 5.97 Å². The molecule has 0 aliphatic carbocycles. The van der Waals surface area contributed by atoms with Crippen molar-refractivity contribution in [2.24, 2.45) is 0 Å². The number of nitrogens with zero attached hydrogens (tertiary/aromatic N) is 1. The molecule has 0 aliphatic rings. The summed E-state index contributed by atoms with van der Waals surface area (Å²) in [6.45, 7) is 0. The lowest BCUT2D eigenvalue weighted by atomic mass is 10.1. The Morgan fingerprint density at radius 2 is 1.60 bits per heavy atom. The SMILES string of the molecule is COc1cc(C(=O)O)c(-n2c(=O)[nH][nH]c2=O)cc1OC. The molecular weight excluding hydrogens is 270 g/mol. The third-order valence-electron chi connectivity index (χ3n) is 2.66. The zero-order valence-electron chi connectivity index (χ0n) is 10.6. The Hall–Kier alpha value is -2.97. The zero-order chi connectivity index (χ0) is 14.9. The molecule has 0 fully saturated rings. The second-order valence-corrected chi connectivity index (χ2v) is 3.73. The first-order valence-corrected chi connectivity index (χ1v) is 5.39. The summed E-state index contributed by atoms with van der Waals surface area (Å²) in [6.07, 6.45) is 0. The predicted molar refractivity (Wildman–Crippen MR) is 67.1 cm³/mol. The van der Waals surface area contributed by atoms with E-state index in [4.69, 9.17) is 9.47 Å². The molecular formula is C11H11N3O6. The van der Waals surface area contributed by atoms with Crippen LogP contribution in [0.4, 0.5) is 0 Å². The lowest BCUT2D eigenvalue weighted by molar-refractivity contribution is 0.0696. The number of carbonyl (C=O) groups is 1. The van der Waals surface area contributed by atoms with E-state index in [9.17, 15) is 19.5 Å². The minimum Gasteiger partial charge on any atom is -0.493 e. The fourth-order valence-corrected chi connectivity index (χ4v) is 1.75. The van der Waals surface area contributed by atoms with Gasteiger partial charge >= 0.3 is 17.3 Å². The quantitative estimate of drug-likeness (QED) is 0.698. The van der Waals surface area contributed by atoms with Crippen LogP contribution in [0.25, 0.3) is 5.69 Å².